The maximum Gasteiger partial charge on any atom is 0.337 e. The van der Waals surface area contributed by atoms with Gasteiger partial charge in [-0.05, 0) is 67.9 Å². The molecular weight excluding hydrogens is 594 g/mol. The highest BCUT2D eigenvalue weighted by Gasteiger charge is 2.24. The van der Waals surface area contributed by atoms with Gasteiger partial charge in [0.2, 0.25) is 0 Å². The Morgan fingerprint density at radius 3 is 2.04 bits per heavy atom. The minimum absolute atomic E-state index is 0.169. The highest BCUT2D eigenvalue weighted by molar-refractivity contribution is 5.83. The van der Waals surface area contributed by atoms with Gasteiger partial charge in [0.1, 0.15) is 28.3 Å². The second-order valence-corrected chi connectivity index (χ2v) is 9.41. The zero-order chi connectivity index (χ0) is 34.7. The number of hydrogen-bond acceptors (Lipinski definition) is 6. The molecular formula is C35H42F2N4O5. The number of ether oxygens (including phenoxy) is 2. The lowest BCUT2D eigenvalue weighted by molar-refractivity contribution is 0.414. The van der Waals surface area contributed by atoms with E-state index in [1.54, 1.807) is 56.3 Å². The lowest BCUT2D eigenvalue weighted by Crippen LogP contribution is -2.42. The predicted octanol–water partition coefficient (Wildman–Crippen LogP) is 6.22. The Labute approximate surface area is 267 Å². The van der Waals surface area contributed by atoms with Gasteiger partial charge in [-0.15, -0.1) is 0 Å². The molecule has 0 aliphatic carbocycles. The van der Waals surface area contributed by atoms with Crippen molar-refractivity contribution < 1.29 is 18.3 Å². The van der Waals surface area contributed by atoms with Crippen molar-refractivity contribution >= 4 is 11.0 Å². The zero-order valence-electron chi connectivity index (χ0n) is 27.8. The van der Waals surface area contributed by atoms with Gasteiger partial charge in [0.25, 0.3) is 11.1 Å². The molecule has 0 aliphatic heterocycles. The molecule has 2 aromatic heterocycles. The Morgan fingerprint density at radius 1 is 0.826 bits per heavy atom. The SMILES string of the molecule is CC.CC.CN.COc1ccc(Cn2c(=O)c3c(Oc4cccc(C)c4F)cc(=O)n(C)c3n(-c3ccc(C)cc3F)c2=O)cc1. The van der Waals surface area contributed by atoms with Crippen LogP contribution in [-0.2, 0) is 13.6 Å². The van der Waals surface area contributed by atoms with Crippen LogP contribution in [0.2, 0.25) is 0 Å². The van der Waals surface area contributed by atoms with Crippen LogP contribution < -0.4 is 32.0 Å². The summed E-state index contributed by atoms with van der Waals surface area (Å²) in [5.74, 6) is -1.30. The van der Waals surface area contributed by atoms with E-state index in [0.29, 0.717) is 22.4 Å². The van der Waals surface area contributed by atoms with Gasteiger partial charge in [0.15, 0.2) is 11.6 Å². The van der Waals surface area contributed by atoms with Crippen molar-refractivity contribution in [2.24, 2.45) is 12.8 Å². The molecule has 0 amide bonds. The van der Waals surface area contributed by atoms with Crippen LogP contribution in [0.25, 0.3) is 16.7 Å². The first kappa shape index (κ1) is 37.2. The number of nitrogens with zero attached hydrogens (tertiary/aromatic N) is 3. The van der Waals surface area contributed by atoms with Crippen molar-refractivity contribution in [3.63, 3.8) is 0 Å². The first-order chi connectivity index (χ1) is 22.1. The topological polar surface area (TPSA) is 110 Å². The van der Waals surface area contributed by atoms with Crippen LogP contribution in [0.4, 0.5) is 8.78 Å². The fourth-order valence-electron chi connectivity index (χ4n) is 4.52. The molecule has 2 N–H and O–H groups in total. The van der Waals surface area contributed by atoms with Gasteiger partial charge in [-0.3, -0.25) is 18.7 Å². The van der Waals surface area contributed by atoms with Gasteiger partial charge in [-0.1, -0.05) is 58.0 Å². The van der Waals surface area contributed by atoms with Gasteiger partial charge >= 0.3 is 5.69 Å². The Bertz CT molecular complexity index is 1960. The molecule has 0 bridgehead atoms. The quantitative estimate of drug-likeness (QED) is 0.237. The van der Waals surface area contributed by atoms with E-state index in [1.807, 2.05) is 27.7 Å². The Hall–Kier alpha value is -5.03. The molecule has 9 nitrogen and oxygen atoms in total. The third kappa shape index (κ3) is 7.60. The van der Waals surface area contributed by atoms with Gasteiger partial charge in [-0.2, -0.15) is 0 Å². The number of methoxy groups -OCH3 is 1. The number of rotatable bonds is 6. The van der Waals surface area contributed by atoms with E-state index in [1.165, 1.54) is 39.4 Å². The standard InChI is InChI=1S/C30H25F2N3O5.2C2H6.CH5N/c1-17-8-13-22(21(31)14-17)35-28-26(29(37)34(30(35)38)16-19-9-11-20(39-4)12-10-19)24(15-25(36)33(28)3)40-23-7-5-6-18(2)27(23)32;3*1-2/h5-15H,16H2,1-4H3;2*1-2H3;2H2,1H3. The lowest BCUT2D eigenvalue weighted by atomic mass is 10.2. The summed E-state index contributed by atoms with van der Waals surface area (Å²) in [6.45, 7) is 11.1. The molecule has 0 unspecified atom stereocenters. The summed E-state index contributed by atoms with van der Waals surface area (Å²) < 4.78 is 44.2. The fraction of sp³-hybridized carbons (Fsp3) is 0.286. The Kier molecular flexibility index (Phi) is 13.6. The number of aryl methyl sites for hydroxylation is 3. The zero-order valence-corrected chi connectivity index (χ0v) is 27.8. The van der Waals surface area contributed by atoms with Crippen LogP contribution in [0.1, 0.15) is 44.4 Å². The number of aromatic nitrogens is 3. The first-order valence-electron chi connectivity index (χ1n) is 14.9. The average Bonchev–Trinajstić information content (AvgIpc) is 3.07. The van der Waals surface area contributed by atoms with E-state index in [9.17, 15) is 18.8 Å². The molecule has 0 saturated carbocycles. The minimum Gasteiger partial charge on any atom is -0.497 e. The van der Waals surface area contributed by atoms with E-state index < -0.39 is 28.4 Å². The third-order valence-corrected chi connectivity index (χ3v) is 6.69. The third-order valence-electron chi connectivity index (χ3n) is 6.69. The largest absolute Gasteiger partial charge is 0.497 e. The van der Waals surface area contributed by atoms with Crippen LogP contribution in [0.3, 0.4) is 0 Å². The lowest BCUT2D eigenvalue weighted by Gasteiger charge is -2.19. The number of pyridine rings is 1. The molecule has 0 radical (unpaired) electrons. The highest BCUT2D eigenvalue weighted by atomic mass is 19.1. The second-order valence-electron chi connectivity index (χ2n) is 9.41. The van der Waals surface area contributed by atoms with Crippen molar-refractivity contribution in [3.05, 3.63) is 126 Å². The van der Waals surface area contributed by atoms with Gasteiger partial charge < -0.3 is 15.2 Å². The summed E-state index contributed by atoms with van der Waals surface area (Å²) in [6, 6.07) is 16.5. The minimum atomic E-state index is -0.870. The van der Waals surface area contributed by atoms with Crippen molar-refractivity contribution in [2.75, 3.05) is 14.2 Å². The van der Waals surface area contributed by atoms with Crippen LogP contribution in [0, 0.1) is 25.5 Å². The number of halogens is 2. The Balaban J connectivity index is 0.00000116. The summed E-state index contributed by atoms with van der Waals surface area (Å²) in [4.78, 5) is 40.9. The van der Waals surface area contributed by atoms with Crippen LogP contribution in [-0.4, -0.2) is 27.9 Å². The van der Waals surface area contributed by atoms with Crippen molar-refractivity contribution in [3.8, 4) is 22.9 Å². The van der Waals surface area contributed by atoms with Crippen molar-refractivity contribution in [1.82, 2.24) is 13.7 Å². The summed E-state index contributed by atoms with van der Waals surface area (Å²) >= 11 is 0. The maximum absolute atomic E-state index is 15.3. The molecule has 3 aromatic carbocycles. The molecule has 0 aliphatic rings. The van der Waals surface area contributed by atoms with E-state index in [2.05, 4.69) is 5.73 Å². The molecule has 2 heterocycles. The summed E-state index contributed by atoms with van der Waals surface area (Å²) in [5.41, 5.74) is 3.32. The summed E-state index contributed by atoms with van der Waals surface area (Å²) in [6.07, 6.45) is 0. The monoisotopic (exact) mass is 636 g/mol. The normalized spacial score (nSPS) is 10.1. The van der Waals surface area contributed by atoms with E-state index >= 15 is 4.39 Å². The van der Waals surface area contributed by atoms with Crippen LogP contribution in [0.15, 0.2) is 81.1 Å². The second kappa shape index (κ2) is 16.9. The molecule has 5 aromatic rings. The molecule has 46 heavy (non-hydrogen) atoms. The molecule has 0 saturated heterocycles. The van der Waals surface area contributed by atoms with Crippen molar-refractivity contribution in [1.29, 1.82) is 0 Å². The highest BCUT2D eigenvalue weighted by Crippen LogP contribution is 2.30. The Morgan fingerprint density at radius 2 is 1.46 bits per heavy atom. The molecule has 246 valence electrons. The summed E-state index contributed by atoms with van der Waals surface area (Å²) in [7, 11) is 4.37. The smallest absolute Gasteiger partial charge is 0.337 e. The van der Waals surface area contributed by atoms with Gasteiger partial charge in [-0.25, -0.2) is 18.1 Å². The van der Waals surface area contributed by atoms with E-state index in [-0.39, 0.29) is 34.8 Å². The first-order valence-corrected chi connectivity index (χ1v) is 14.9. The number of benzene rings is 3. The number of nitrogens with two attached hydrogens (primary N) is 1. The van der Waals surface area contributed by atoms with Crippen molar-refractivity contribution in [2.45, 2.75) is 48.1 Å². The van der Waals surface area contributed by atoms with Gasteiger partial charge in [0, 0.05) is 13.1 Å². The van der Waals surface area contributed by atoms with Crippen LogP contribution >= 0.6 is 0 Å². The number of fused-ring (bicyclic) bond motifs is 1. The van der Waals surface area contributed by atoms with E-state index in [0.717, 1.165) is 19.8 Å². The molecule has 5 rings (SSSR count). The molecule has 0 fully saturated rings. The fourth-order valence-corrected chi connectivity index (χ4v) is 4.52. The molecule has 11 heteroatoms. The molecule has 0 spiro atoms. The van der Waals surface area contributed by atoms with Gasteiger partial charge in [0.05, 0.1) is 19.3 Å². The van der Waals surface area contributed by atoms with Crippen LogP contribution in [0.5, 0.6) is 17.2 Å². The van der Waals surface area contributed by atoms with E-state index in [4.69, 9.17) is 9.47 Å². The summed E-state index contributed by atoms with van der Waals surface area (Å²) in [5, 5.41) is -0.198. The average molecular weight is 637 g/mol. The predicted molar refractivity (Wildman–Crippen MR) is 180 cm³/mol. The maximum atomic E-state index is 15.3. The number of hydrogen-bond donors (Lipinski definition) is 1. The molecule has 0 atom stereocenters.